The fraction of sp³-hybridized carbons (Fsp3) is 0.182. The van der Waals surface area contributed by atoms with Gasteiger partial charge in [0.15, 0.2) is 0 Å². The molecule has 1 aliphatic heterocycles. The summed E-state index contributed by atoms with van der Waals surface area (Å²) in [6.45, 7) is 5.78. The molecular formula is C22H21NO3. The molecule has 26 heavy (non-hydrogen) atoms. The second-order valence-electron chi connectivity index (χ2n) is 6.13. The van der Waals surface area contributed by atoms with Crippen molar-refractivity contribution in [1.82, 2.24) is 0 Å². The van der Waals surface area contributed by atoms with E-state index in [1.54, 1.807) is 24.8 Å². The largest absolute Gasteiger partial charge is 0.462 e. The van der Waals surface area contributed by atoms with Gasteiger partial charge in [0.05, 0.1) is 17.8 Å². The minimum atomic E-state index is -0.477. The predicted molar refractivity (Wildman–Crippen MR) is 102 cm³/mol. The summed E-state index contributed by atoms with van der Waals surface area (Å²) >= 11 is 0. The third kappa shape index (κ3) is 3.31. The van der Waals surface area contributed by atoms with Crippen molar-refractivity contribution in [2.45, 2.75) is 20.8 Å². The highest BCUT2D eigenvalue weighted by atomic mass is 16.5. The van der Waals surface area contributed by atoms with Crippen LogP contribution in [-0.4, -0.2) is 18.5 Å². The monoisotopic (exact) mass is 347 g/mol. The van der Waals surface area contributed by atoms with Crippen molar-refractivity contribution in [2.24, 2.45) is 0 Å². The molecule has 0 saturated carbocycles. The van der Waals surface area contributed by atoms with Gasteiger partial charge >= 0.3 is 5.97 Å². The van der Waals surface area contributed by atoms with E-state index >= 15 is 0 Å². The van der Waals surface area contributed by atoms with E-state index < -0.39 is 5.97 Å². The van der Waals surface area contributed by atoms with Gasteiger partial charge in [-0.05, 0) is 44.5 Å². The lowest BCUT2D eigenvalue weighted by molar-refractivity contribution is -0.138. The lowest BCUT2D eigenvalue weighted by Gasteiger charge is -2.17. The minimum Gasteiger partial charge on any atom is -0.462 e. The van der Waals surface area contributed by atoms with Crippen LogP contribution in [0, 0.1) is 6.92 Å². The van der Waals surface area contributed by atoms with Gasteiger partial charge in [-0.2, -0.15) is 0 Å². The highest BCUT2D eigenvalue weighted by Gasteiger charge is 2.37. The fourth-order valence-corrected chi connectivity index (χ4v) is 3.00. The van der Waals surface area contributed by atoms with E-state index in [1.807, 2.05) is 61.5 Å². The van der Waals surface area contributed by atoms with Crippen molar-refractivity contribution < 1.29 is 14.3 Å². The van der Waals surface area contributed by atoms with Crippen molar-refractivity contribution in [3.63, 3.8) is 0 Å². The number of rotatable bonds is 4. The number of para-hydroxylation sites is 1. The van der Waals surface area contributed by atoms with Crippen LogP contribution >= 0.6 is 0 Å². The van der Waals surface area contributed by atoms with Gasteiger partial charge in [0.1, 0.15) is 0 Å². The van der Waals surface area contributed by atoms with Gasteiger partial charge in [0.2, 0.25) is 0 Å². The van der Waals surface area contributed by atoms with Crippen LogP contribution in [0.1, 0.15) is 25.0 Å². The van der Waals surface area contributed by atoms with Crippen LogP contribution < -0.4 is 4.90 Å². The summed E-state index contributed by atoms with van der Waals surface area (Å²) in [5.41, 5.74) is 3.98. The van der Waals surface area contributed by atoms with E-state index in [1.165, 1.54) is 0 Å². The van der Waals surface area contributed by atoms with Crippen LogP contribution in [-0.2, 0) is 14.3 Å². The molecule has 0 unspecified atom stereocenters. The molecule has 0 aromatic heterocycles. The van der Waals surface area contributed by atoms with E-state index in [0.29, 0.717) is 16.8 Å². The molecule has 0 aliphatic carbocycles. The van der Waals surface area contributed by atoms with Gasteiger partial charge in [-0.15, -0.1) is 0 Å². The number of esters is 1. The lowest BCUT2D eigenvalue weighted by Crippen LogP contribution is -2.24. The minimum absolute atomic E-state index is 0.225. The molecule has 132 valence electrons. The summed E-state index contributed by atoms with van der Waals surface area (Å²) in [6.07, 6.45) is 1.75. The standard InChI is InChI=1S/C22H21NO3/c1-4-26-22(25)20-16(3)23(18-8-6-5-7-9-18)21(24)19(20)14-17-12-10-15(2)11-13-17/h5-14H,4H2,1-3H3. The SMILES string of the molecule is CCOC(=O)C1=C(C)N(c2ccccc2)C(=O)C1=Cc1ccc(C)cc1. The third-order valence-electron chi connectivity index (χ3n) is 4.28. The highest BCUT2D eigenvalue weighted by Crippen LogP contribution is 2.35. The maximum absolute atomic E-state index is 13.1. The summed E-state index contributed by atoms with van der Waals surface area (Å²) < 4.78 is 5.20. The summed E-state index contributed by atoms with van der Waals surface area (Å²) in [5.74, 6) is -0.701. The van der Waals surface area contributed by atoms with Crippen molar-refractivity contribution in [2.75, 3.05) is 11.5 Å². The Morgan fingerprint density at radius 3 is 2.31 bits per heavy atom. The summed E-state index contributed by atoms with van der Waals surface area (Å²) in [4.78, 5) is 27.2. The number of carbonyl (C=O) groups excluding carboxylic acids is 2. The predicted octanol–water partition coefficient (Wildman–Crippen LogP) is 4.26. The Morgan fingerprint density at radius 2 is 1.69 bits per heavy atom. The molecule has 0 atom stereocenters. The molecule has 0 N–H and O–H groups in total. The van der Waals surface area contributed by atoms with Crippen LogP contribution in [0.2, 0.25) is 0 Å². The second kappa shape index (κ2) is 7.40. The molecule has 0 radical (unpaired) electrons. The summed E-state index contributed by atoms with van der Waals surface area (Å²) in [5, 5.41) is 0. The Kier molecular flexibility index (Phi) is 5.03. The van der Waals surface area contributed by atoms with E-state index in [4.69, 9.17) is 4.74 Å². The normalized spacial score (nSPS) is 15.7. The number of hydrogen-bond donors (Lipinski definition) is 0. The van der Waals surface area contributed by atoms with Crippen molar-refractivity contribution in [3.8, 4) is 0 Å². The average Bonchev–Trinajstić information content (AvgIpc) is 2.88. The molecule has 1 amide bonds. The third-order valence-corrected chi connectivity index (χ3v) is 4.28. The quantitative estimate of drug-likeness (QED) is 0.613. The second-order valence-corrected chi connectivity index (χ2v) is 6.13. The Balaban J connectivity index is 2.11. The Labute approximate surface area is 153 Å². The number of nitrogens with zero attached hydrogens (tertiary/aromatic N) is 1. The fourth-order valence-electron chi connectivity index (χ4n) is 3.00. The van der Waals surface area contributed by atoms with Crippen molar-refractivity contribution in [1.29, 1.82) is 0 Å². The molecule has 4 nitrogen and oxygen atoms in total. The molecular weight excluding hydrogens is 326 g/mol. The van der Waals surface area contributed by atoms with Crippen LogP contribution in [0.4, 0.5) is 5.69 Å². The Hall–Kier alpha value is -3.14. The smallest absolute Gasteiger partial charge is 0.340 e. The van der Waals surface area contributed by atoms with Gasteiger partial charge in [-0.3, -0.25) is 9.69 Å². The van der Waals surface area contributed by atoms with E-state index in [9.17, 15) is 9.59 Å². The lowest BCUT2D eigenvalue weighted by atomic mass is 10.0. The molecule has 1 aliphatic rings. The molecule has 0 bridgehead atoms. The highest BCUT2D eigenvalue weighted by molar-refractivity contribution is 6.23. The van der Waals surface area contributed by atoms with Crippen LogP contribution in [0.25, 0.3) is 6.08 Å². The van der Waals surface area contributed by atoms with Gasteiger partial charge in [0, 0.05) is 11.4 Å². The first-order chi connectivity index (χ1) is 12.5. The molecule has 0 spiro atoms. The number of amides is 1. The van der Waals surface area contributed by atoms with Gasteiger partial charge in [-0.25, -0.2) is 4.79 Å². The average molecular weight is 347 g/mol. The summed E-state index contributed by atoms with van der Waals surface area (Å²) in [7, 11) is 0. The maximum atomic E-state index is 13.1. The molecule has 0 saturated heterocycles. The number of carbonyl (C=O) groups is 2. The number of benzene rings is 2. The molecule has 2 aromatic rings. The first-order valence-corrected chi connectivity index (χ1v) is 8.59. The first-order valence-electron chi connectivity index (χ1n) is 8.59. The zero-order chi connectivity index (χ0) is 18.7. The van der Waals surface area contributed by atoms with E-state index in [0.717, 1.165) is 16.8 Å². The molecule has 3 rings (SSSR count). The number of aryl methyl sites for hydroxylation is 1. The van der Waals surface area contributed by atoms with Crippen LogP contribution in [0.3, 0.4) is 0 Å². The summed E-state index contributed by atoms with van der Waals surface area (Å²) in [6, 6.07) is 17.1. The first kappa shape index (κ1) is 17.7. The van der Waals surface area contributed by atoms with E-state index in [2.05, 4.69) is 0 Å². The number of ether oxygens (including phenoxy) is 1. The molecule has 0 fully saturated rings. The van der Waals surface area contributed by atoms with Gasteiger partial charge in [0.25, 0.3) is 5.91 Å². The zero-order valence-corrected chi connectivity index (χ0v) is 15.2. The van der Waals surface area contributed by atoms with E-state index in [-0.39, 0.29) is 12.5 Å². The molecule has 1 heterocycles. The van der Waals surface area contributed by atoms with Crippen LogP contribution in [0.15, 0.2) is 71.4 Å². The van der Waals surface area contributed by atoms with Crippen molar-refractivity contribution >= 4 is 23.6 Å². The number of hydrogen-bond acceptors (Lipinski definition) is 3. The molecule has 4 heteroatoms. The van der Waals surface area contributed by atoms with Crippen molar-refractivity contribution in [3.05, 3.63) is 82.6 Å². The number of allylic oxidation sites excluding steroid dienone is 1. The topological polar surface area (TPSA) is 46.6 Å². The van der Waals surface area contributed by atoms with Gasteiger partial charge < -0.3 is 4.74 Å². The van der Waals surface area contributed by atoms with Gasteiger partial charge in [-0.1, -0.05) is 48.0 Å². The Bertz CT molecular complexity index is 893. The molecule has 2 aromatic carbocycles. The Morgan fingerprint density at radius 1 is 1.04 bits per heavy atom. The maximum Gasteiger partial charge on any atom is 0.340 e. The number of anilines is 1. The zero-order valence-electron chi connectivity index (χ0n) is 15.2. The van der Waals surface area contributed by atoms with Crippen LogP contribution in [0.5, 0.6) is 0 Å².